The number of rotatable bonds is 7. The Morgan fingerprint density at radius 3 is 2.81 bits per heavy atom. The quantitative estimate of drug-likeness (QED) is 0.620. The first kappa shape index (κ1) is 19.2. The number of benzene rings is 2. The molecule has 0 saturated carbocycles. The average molecular weight is 392 g/mol. The summed E-state index contributed by atoms with van der Waals surface area (Å²) in [7, 11) is 1.62. The normalized spacial score (nSPS) is 15.2. The number of fused-ring (bicyclic) bond motifs is 2. The summed E-state index contributed by atoms with van der Waals surface area (Å²) < 4.78 is 28.4. The number of furan rings is 1. The van der Waals surface area contributed by atoms with Crippen LogP contribution in [0.4, 0.5) is 0 Å². The maximum absolute atomic E-state index is 5.92. The van der Waals surface area contributed by atoms with E-state index >= 15 is 0 Å². The maximum atomic E-state index is 5.92. The van der Waals surface area contributed by atoms with Crippen LogP contribution in [0.3, 0.4) is 0 Å². The molecule has 0 unspecified atom stereocenters. The molecule has 0 aliphatic carbocycles. The minimum atomic E-state index is -0.0204. The molecule has 1 atom stereocenters. The van der Waals surface area contributed by atoms with Crippen molar-refractivity contribution in [3.8, 4) is 23.0 Å². The van der Waals surface area contributed by atoms with Crippen molar-refractivity contribution in [3.05, 3.63) is 48.7 Å². The second-order valence-electron chi connectivity index (χ2n) is 5.99. The van der Waals surface area contributed by atoms with Crippen molar-refractivity contribution >= 4 is 23.4 Å². The largest absolute Gasteiger partial charge is 0.493 e. The molecule has 27 heavy (non-hydrogen) atoms. The topological polar surface area (TPSA) is 62.1 Å². The molecular weight excluding hydrogens is 370 g/mol. The van der Waals surface area contributed by atoms with Gasteiger partial charge in [0.1, 0.15) is 19.3 Å². The third-order valence-corrected chi connectivity index (χ3v) is 4.22. The van der Waals surface area contributed by atoms with Crippen molar-refractivity contribution in [2.24, 2.45) is 0 Å². The van der Waals surface area contributed by atoms with Gasteiger partial charge in [-0.1, -0.05) is 12.1 Å². The molecule has 1 N–H and O–H groups in total. The first-order valence-corrected chi connectivity index (χ1v) is 8.61. The van der Waals surface area contributed by atoms with Crippen LogP contribution in [-0.4, -0.2) is 39.5 Å². The van der Waals surface area contributed by atoms with Gasteiger partial charge in [-0.05, 0) is 30.3 Å². The van der Waals surface area contributed by atoms with Crippen molar-refractivity contribution in [1.82, 2.24) is 5.32 Å². The zero-order chi connectivity index (χ0) is 17.8. The Bertz CT molecular complexity index is 882. The molecule has 7 heteroatoms. The highest BCUT2D eigenvalue weighted by atomic mass is 35.5. The molecule has 0 bridgehead atoms. The van der Waals surface area contributed by atoms with Crippen molar-refractivity contribution in [2.75, 3.05) is 33.4 Å². The highest BCUT2D eigenvalue weighted by Crippen LogP contribution is 2.36. The van der Waals surface area contributed by atoms with Gasteiger partial charge < -0.3 is 28.7 Å². The zero-order valence-corrected chi connectivity index (χ0v) is 15.8. The molecule has 1 aliphatic heterocycles. The van der Waals surface area contributed by atoms with Gasteiger partial charge in [0.15, 0.2) is 22.8 Å². The Morgan fingerprint density at radius 1 is 1.11 bits per heavy atom. The highest BCUT2D eigenvalue weighted by molar-refractivity contribution is 5.86. The number of hydrogen-bond donors (Lipinski definition) is 1. The number of para-hydroxylation sites is 2. The van der Waals surface area contributed by atoms with Gasteiger partial charge >= 0.3 is 0 Å². The van der Waals surface area contributed by atoms with Crippen LogP contribution in [0.1, 0.15) is 0 Å². The summed E-state index contributed by atoms with van der Waals surface area (Å²) in [5.74, 6) is 2.87. The lowest BCUT2D eigenvalue weighted by Crippen LogP contribution is -2.39. The van der Waals surface area contributed by atoms with Gasteiger partial charge in [-0.25, -0.2) is 0 Å². The van der Waals surface area contributed by atoms with E-state index in [-0.39, 0.29) is 18.5 Å². The molecule has 2 aromatic carbocycles. The van der Waals surface area contributed by atoms with Gasteiger partial charge in [-0.2, -0.15) is 0 Å². The molecule has 0 fully saturated rings. The predicted molar refractivity (Wildman–Crippen MR) is 105 cm³/mol. The van der Waals surface area contributed by atoms with E-state index in [1.54, 1.807) is 13.4 Å². The molecule has 1 aliphatic rings. The number of methoxy groups -OCH3 is 1. The summed E-state index contributed by atoms with van der Waals surface area (Å²) in [4.78, 5) is 0. The molecular formula is C20H22ClNO5. The van der Waals surface area contributed by atoms with E-state index in [1.165, 1.54) is 0 Å². The molecule has 1 aromatic heterocycles. The fourth-order valence-corrected chi connectivity index (χ4v) is 2.94. The monoisotopic (exact) mass is 391 g/mol. The van der Waals surface area contributed by atoms with Crippen LogP contribution in [0.2, 0.25) is 0 Å². The summed E-state index contributed by atoms with van der Waals surface area (Å²) in [5, 5.41) is 4.32. The first-order valence-electron chi connectivity index (χ1n) is 8.61. The molecule has 144 valence electrons. The summed E-state index contributed by atoms with van der Waals surface area (Å²) in [6, 6.07) is 13.4. The standard InChI is InChI=1S/C20H21NO5.ClH/c1-22-18-7-6-14-8-10-23-19(14)20(18)24-11-9-21-12-15-13-25-16-4-2-3-5-17(16)26-15;/h2-8,10,15,21H,9,11-13H2,1H3;1H/t15-;/m1./s1. The minimum Gasteiger partial charge on any atom is -0.493 e. The average Bonchev–Trinajstić information content (AvgIpc) is 3.16. The second kappa shape index (κ2) is 8.88. The van der Waals surface area contributed by atoms with Gasteiger partial charge in [0, 0.05) is 18.5 Å². The van der Waals surface area contributed by atoms with Gasteiger partial charge in [-0.15, -0.1) is 12.4 Å². The van der Waals surface area contributed by atoms with Crippen LogP contribution in [0.25, 0.3) is 11.0 Å². The molecule has 0 saturated heterocycles. The van der Waals surface area contributed by atoms with E-state index in [2.05, 4.69) is 5.32 Å². The zero-order valence-electron chi connectivity index (χ0n) is 15.0. The first-order chi connectivity index (χ1) is 12.8. The maximum Gasteiger partial charge on any atom is 0.204 e. The number of hydrogen-bond acceptors (Lipinski definition) is 6. The molecule has 2 heterocycles. The van der Waals surface area contributed by atoms with Crippen molar-refractivity contribution in [1.29, 1.82) is 0 Å². The van der Waals surface area contributed by atoms with Crippen molar-refractivity contribution in [3.63, 3.8) is 0 Å². The number of nitrogens with one attached hydrogen (secondary N) is 1. The van der Waals surface area contributed by atoms with Gasteiger partial charge in [0.05, 0.1) is 13.4 Å². The summed E-state index contributed by atoms with van der Waals surface area (Å²) in [5.41, 5.74) is 0.699. The SMILES string of the molecule is COc1ccc2ccoc2c1OCCNC[C@@H]1COc2ccccc2O1.Cl. The van der Waals surface area contributed by atoms with E-state index in [1.807, 2.05) is 42.5 Å². The van der Waals surface area contributed by atoms with Crippen LogP contribution in [-0.2, 0) is 0 Å². The number of halogens is 1. The Labute approximate surface area is 163 Å². The van der Waals surface area contributed by atoms with Gasteiger partial charge in [0.25, 0.3) is 0 Å². The fraction of sp³-hybridized carbons (Fsp3) is 0.300. The van der Waals surface area contributed by atoms with Crippen molar-refractivity contribution in [2.45, 2.75) is 6.10 Å². The van der Waals surface area contributed by atoms with Crippen LogP contribution in [0, 0.1) is 0 Å². The fourth-order valence-electron chi connectivity index (χ4n) is 2.94. The van der Waals surface area contributed by atoms with E-state index in [0.29, 0.717) is 43.4 Å². The van der Waals surface area contributed by atoms with Crippen LogP contribution in [0.5, 0.6) is 23.0 Å². The molecule has 3 aromatic rings. The van der Waals surface area contributed by atoms with Crippen molar-refractivity contribution < 1.29 is 23.4 Å². The molecule has 0 radical (unpaired) electrons. The smallest absolute Gasteiger partial charge is 0.204 e. The van der Waals surface area contributed by atoms with Crippen LogP contribution >= 0.6 is 12.4 Å². The molecule has 4 rings (SSSR count). The highest BCUT2D eigenvalue weighted by Gasteiger charge is 2.20. The Morgan fingerprint density at radius 2 is 1.96 bits per heavy atom. The Kier molecular flexibility index (Phi) is 6.32. The van der Waals surface area contributed by atoms with Gasteiger partial charge in [0.2, 0.25) is 5.75 Å². The van der Waals surface area contributed by atoms with Crippen LogP contribution in [0.15, 0.2) is 53.1 Å². The Balaban J connectivity index is 0.00000210. The lowest BCUT2D eigenvalue weighted by Gasteiger charge is -2.26. The Hall–Kier alpha value is -2.57. The van der Waals surface area contributed by atoms with Gasteiger partial charge in [-0.3, -0.25) is 0 Å². The van der Waals surface area contributed by atoms with Crippen LogP contribution < -0.4 is 24.3 Å². The lowest BCUT2D eigenvalue weighted by atomic mass is 10.2. The summed E-state index contributed by atoms with van der Waals surface area (Å²) in [6.45, 7) is 2.37. The second-order valence-corrected chi connectivity index (χ2v) is 5.99. The summed E-state index contributed by atoms with van der Waals surface area (Å²) in [6.07, 6.45) is 1.63. The molecule has 6 nitrogen and oxygen atoms in total. The predicted octanol–water partition coefficient (Wildman–Crippen LogP) is 3.67. The number of ether oxygens (including phenoxy) is 4. The van der Waals surface area contributed by atoms with E-state index in [4.69, 9.17) is 23.4 Å². The van der Waals surface area contributed by atoms with E-state index in [9.17, 15) is 0 Å². The molecule has 0 spiro atoms. The lowest BCUT2D eigenvalue weighted by molar-refractivity contribution is 0.0897. The van der Waals surface area contributed by atoms with E-state index < -0.39 is 0 Å². The molecule has 0 amide bonds. The third-order valence-electron chi connectivity index (χ3n) is 4.22. The minimum absolute atomic E-state index is 0. The third kappa shape index (κ3) is 4.23. The summed E-state index contributed by atoms with van der Waals surface area (Å²) >= 11 is 0. The van der Waals surface area contributed by atoms with E-state index in [0.717, 1.165) is 16.9 Å².